The molecule has 0 bridgehead atoms. The minimum Gasteiger partial charge on any atom is -0.468 e. The molecule has 0 aliphatic heterocycles. The first-order valence-corrected chi connectivity index (χ1v) is 7.53. The van der Waals surface area contributed by atoms with Crippen molar-refractivity contribution in [1.82, 2.24) is 4.90 Å². The molecule has 0 aromatic carbocycles. The molecule has 5 heteroatoms. The Labute approximate surface area is 114 Å². The van der Waals surface area contributed by atoms with Gasteiger partial charge in [0.25, 0.3) is 0 Å². The summed E-state index contributed by atoms with van der Waals surface area (Å²) in [5.74, 6) is -0.194. The Hall–Kier alpha value is -0.390. The molecular weight excluding hydrogens is 302 g/mol. The highest BCUT2D eigenvalue weighted by Gasteiger charge is 2.31. The number of ether oxygens (including phenoxy) is 1. The van der Waals surface area contributed by atoms with Crippen LogP contribution < -0.4 is 0 Å². The van der Waals surface area contributed by atoms with Crippen molar-refractivity contribution >= 4 is 33.2 Å². The molecule has 2 rings (SSSR count). The number of carbonyl (C=O) groups excluding carboxylic acids is 1. The Morgan fingerprint density at radius 3 is 3.00 bits per heavy atom. The summed E-state index contributed by atoms with van der Waals surface area (Å²) in [7, 11) is 1.43. The molecule has 94 valence electrons. The predicted octanol–water partition coefficient (Wildman–Crippen LogP) is 2.65. The van der Waals surface area contributed by atoms with Gasteiger partial charge in [-0.1, -0.05) is 15.9 Å². The maximum atomic E-state index is 11.4. The summed E-state index contributed by atoms with van der Waals surface area (Å²) in [5.41, 5.74) is 1.33. The number of hydrogen-bond donors (Lipinski definition) is 0. The lowest BCUT2D eigenvalue weighted by Gasteiger charge is -2.23. The quantitative estimate of drug-likeness (QED) is 0.596. The number of halogens is 1. The van der Waals surface area contributed by atoms with E-state index in [4.69, 9.17) is 4.74 Å². The fourth-order valence-corrected chi connectivity index (χ4v) is 3.03. The van der Waals surface area contributed by atoms with E-state index in [-0.39, 0.29) is 10.8 Å². The molecule has 1 aromatic heterocycles. The van der Waals surface area contributed by atoms with Gasteiger partial charge in [0.2, 0.25) is 0 Å². The van der Waals surface area contributed by atoms with Crippen molar-refractivity contribution in [2.24, 2.45) is 0 Å². The summed E-state index contributed by atoms with van der Waals surface area (Å²) in [5, 5.41) is 4.25. The second-order valence-electron chi connectivity index (χ2n) is 4.28. The van der Waals surface area contributed by atoms with Crippen molar-refractivity contribution in [3.8, 4) is 0 Å². The van der Waals surface area contributed by atoms with Crippen LogP contribution in [0, 0.1) is 0 Å². The van der Waals surface area contributed by atoms with E-state index >= 15 is 0 Å². The molecule has 1 saturated carbocycles. The zero-order chi connectivity index (χ0) is 12.3. The van der Waals surface area contributed by atoms with Crippen molar-refractivity contribution in [2.45, 2.75) is 30.3 Å². The SMILES string of the molecule is COC(=O)C(Br)CN(Cc1ccsc1)C1CC1. The maximum Gasteiger partial charge on any atom is 0.320 e. The van der Waals surface area contributed by atoms with Gasteiger partial charge in [-0.15, -0.1) is 0 Å². The minimum atomic E-state index is -0.230. The summed E-state index contributed by atoms with van der Waals surface area (Å²) >= 11 is 5.10. The van der Waals surface area contributed by atoms with E-state index in [1.54, 1.807) is 11.3 Å². The van der Waals surface area contributed by atoms with Gasteiger partial charge in [0, 0.05) is 19.1 Å². The van der Waals surface area contributed by atoms with E-state index < -0.39 is 0 Å². The molecule has 3 nitrogen and oxygen atoms in total. The summed E-state index contributed by atoms with van der Waals surface area (Å²) in [6, 6.07) is 2.78. The minimum absolute atomic E-state index is 0.194. The Bertz CT molecular complexity index is 365. The maximum absolute atomic E-state index is 11.4. The molecule has 1 fully saturated rings. The predicted molar refractivity (Wildman–Crippen MR) is 72.5 cm³/mol. The van der Waals surface area contributed by atoms with E-state index in [9.17, 15) is 4.79 Å². The highest BCUT2D eigenvalue weighted by molar-refractivity contribution is 9.10. The van der Waals surface area contributed by atoms with Gasteiger partial charge in [-0.3, -0.25) is 9.69 Å². The monoisotopic (exact) mass is 317 g/mol. The zero-order valence-corrected chi connectivity index (χ0v) is 12.2. The van der Waals surface area contributed by atoms with E-state index in [0.29, 0.717) is 12.6 Å². The standard InChI is InChI=1S/C12H16BrNO2S/c1-16-12(15)11(13)7-14(10-2-3-10)6-9-4-5-17-8-9/h4-5,8,10-11H,2-3,6-7H2,1H3. The first-order chi connectivity index (χ1) is 8.20. The smallest absolute Gasteiger partial charge is 0.320 e. The number of alkyl halides is 1. The van der Waals surface area contributed by atoms with Gasteiger partial charge in [-0.25, -0.2) is 0 Å². The molecule has 17 heavy (non-hydrogen) atoms. The largest absolute Gasteiger partial charge is 0.468 e. The van der Waals surface area contributed by atoms with Crippen LogP contribution in [0.2, 0.25) is 0 Å². The normalized spacial score (nSPS) is 17.1. The Balaban J connectivity index is 1.91. The molecule has 0 N–H and O–H groups in total. The zero-order valence-electron chi connectivity index (χ0n) is 9.77. The number of hydrogen-bond acceptors (Lipinski definition) is 4. The average Bonchev–Trinajstić information content (AvgIpc) is 3.06. The topological polar surface area (TPSA) is 29.5 Å². The molecular formula is C12H16BrNO2S. The van der Waals surface area contributed by atoms with Crippen LogP contribution in [0.4, 0.5) is 0 Å². The molecule has 1 unspecified atom stereocenters. The Morgan fingerprint density at radius 1 is 1.71 bits per heavy atom. The molecule has 1 aromatic rings. The highest BCUT2D eigenvalue weighted by Crippen LogP contribution is 2.29. The Kier molecular flexibility index (Phi) is 4.59. The lowest BCUT2D eigenvalue weighted by atomic mass is 10.3. The number of nitrogens with zero attached hydrogens (tertiary/aromatic N) is 1. The van der Waals surface area contributed by atoms with Crippen molar-refractivity contribution in [3.63, 3.8) is 0 Å². The third-order valence-corrected chi connectivity index (χ3v) is 4.28. The molecule has 0 radical (unpaired) electrons. The molecule has 0 saturated heterocycles. The number of esters is 1. The lowest BCUT2D eigenvalue weighted by Crippen LogP contribution is -2.35. The molecule has 0 amide bonds. The first kappa shape index (κ1) is 13.1. The number of thiophene rings is 1. The van der Waals surface area contributed by atoms with Crippen molar-refractivity contribution < 1.29 is 9.53 Å². The van der Waals surface area contributed by atoms with Crippen LogP contribution in [0.1, 0.15) is 18.4 Å². The van der Waals surface area contributed by atoms with Crippen LogP contribution in [-0.2, 0) is 16.1 Å². The van der Waals surface area contributed by atoms with Gasteiger partial charge < -0.3 is 4.74 Å². The molecule has 1 aliphatic rings. The van der Waals surface area contributed by atoms with Crippen molar-refractivity contribution in [3.05, 3.63) is 22.4 Å². The first-order valence-electron chi connectivity index (χ1n) is 5.67. The van der Waals surface area contributed by atoms with E-state index in [1.807, 2.05) is 0 Å². The summed E-state index contributed by atoms with van der Waals surface area (Å²) in [4.78, 5) is 13.5. The summed E-state index contributed by atoms with van der Waals surface area (Å²) < 4.78 is 4.74. The fraction of sp³-hybridized carbons (Fsp3) is 0.583. The lowest BCUT2D eigenvalue weighted by molar-refractivity contribution is -0.140. The van der Waals surface area contributed by atoms with Crippen LogP contribution >= 0.6 is 27.3 Å². The second-order valence-corrected chi connectivity index (χ2v) is 6.17. The van der Waals surface area contributed by atoms with Crippen LogP contribution in [0.25, 0.3) is 0 Å². The van der Waals surface area contributed by atoms with Gasteiger partial charge >= 0.3 is 5.97 Å². The van der Waals surface area contributed by atoms with E-state index in [0.717, 1.165) is 6.54 Å². The highest BCUT2D eigenvalue weighted by atomic mass is 79.9. The summed E-state index contributed by atoms with van der Waals surface area (Å²) in [6.07, 6.45) is 2.48. The van der Waals surface area contributed by atoms with Gasteiger partial charge in [0.15, 0.2) is 0 Å². The third kappa shape index (κ3) is 3.79. The van der Waals surface area contributed by atoms with E-state index in [1.165, 1.54) is 25.5 Å². The van der Waals surface area contributed by atoms with Gasteiger partial charge in [0.05, 0.1) is 7.11 Å². The van der Waals surface area contributed by atoms with Crippen LogP contribution in [0.5, 0.6) is 0 Å². The van der Waals surface area contributed by atoms with Gasteiger partial charge in [-0.2, -0.15) is 11.3 Å². The molecule has 0 spiro atoms. The fourth-order valence-electron chi connectivity index (χ4n) is 1.81. The Morgan fingerprint density at radius 2 is 2.47 bits per heavy atom. The van der Waals surface area contributed by atoms with E-state index in [2.05, 4.69) is 37.7 Å². The van der Waals surface area contributed by atoms with Gasteiger partial charge in [0.1, 0.15) is 4.83 Å². The van der Waals surface area contributed by atoms with Gasteiger partial charge in [-0.05, 0) is 35.2 Å². The second kappa shape index (κ2) is 5.98. The van der Waals surface area contributed by atoms with Crippen LogP contribution in [0.15, 0.2) is 16.8 Å². The average molecular weight is 318 g/mol. The number of methoxy groups -OCH3 is 1. The van der Waals surface area contributed by atoms with Crippen molar-refractivity contribution in [1.29, 1.82) is 0 Å². The summed E-state index contributed by atoms with van der Waals surface area (Å²) in [6.45, 7) is 1.64. The molecule has 1 atom stereocenters. The number of rotatable bonds is 6. The molecule has 1 heterocycles. The third-order valence-electron chi connectivity index (χ3n) is 2.88. The van der Waals surface area contributed by atoms with Crippen molar-refractivity contribution in [2.75, 3.05) is 13.7 Å². The number of carbonyl (C=O) groups is 1. The molecule has 1 aliphatic carbocycles. The van der Waals surface area contributed by atoms with Crippen LogP contribution in [0.3, 0.4) is 0 Å². The van der Waals surface area contributed by atoms with Crippen LogP contribution in [-0.4, -0.2) is 35.4 Å².